The molecule has 0 amide bonds. The summed E-state index contributed by atoms with van der Waals surface area (Å²) in [7, 11) is 0. The van der Waals surface area contributed by atoms with Crippen LogP contribution in [-0.2, 0) is 6.42 Å². The quantitative estimate of drug-likeness (QED) is 0.552. The Hall–Kier alpha value is -1.34. The summed E-state index contributed by atoms with van der Waals surface area (Å²) in [5, 5.41) is 2.81. The average molecular weight is 212 g/mol. The first-order chi connectivity index (χ1) is 7.38. The molecule has 0 nitrogen and oxygen atoms in total. The van der Waals surface area contributed by atoms with E-state index < -0.39 is 0 Å². The first-order valence-electron chi connectivity index (χ1n) is 5.28. The molecular formula is C14H12S. The third-order valence-electron chi connectivity index (χ3n) is 2.85. The number of rotatable bonds is 1. The minimum absolute atomic E-state index is 1.11. The predicted octanol–water partition coefficient (Wildman–Crippen LogP) is 4.62. The van der Waals surface area contributed by atoms with Gasteiger partial charge >= 0.3 is 0 Å². The predicted molar refractivity (Wildman–Crippen MR) is 68.7 cm³/mol. The van der Waals surface area contributed by atoms with E-state index in [9.17, 15) is 0 Å². The maximum atomic E-state index is 2.33. The fraction of sp³-hybridized carbons (Fsp3) is 0.143. The van der Waals surface area contributed by atoms with Crippen LogP contribution in [0.3, 0.4) is 0 Å². The second kappa shape index (κ2) is 3.35. The van der Waals surface area contributed by atoms with Gasteiger partial charge in [-0.1, -0.05) is 31.2 Å². The molecular weight excluding hydrogens is 200 g/mol. The summed E-state index contributed by atoms with van der Waals surface area (Å²) in [5.41, 5.74) is 1.42. The number of aryl methyl sites for hydroxylation is 1. The molecule has 1 heterocycles. The van der Waals surface area contributed by atoms with E-state index in [1.54, 1.807) is 0 Å². The molecule has 2 aromatic carbocycles. The molecule has 0 saturated heterocycles. The summed E-state index contributed by atoms with van der Waals surface area (Å²) >= 11 is 1.88. The zero-order valence-corrected chi connectivity index (χ0v) is 9.47. The number of hydrogen-bond donors (Lipinski definition) is 0. The van der Waals surface area contributed by atoms with E-state index in [-0.39, 0.29) is 0 Å². The van der Waals surface area contributed by atoms with Crippen LogP contribution in [0.5, 0.6) is 0 Å². The van der Waals surface area contributed by atoms with Crippen LogP contribution in [0, 0.1) is 0 Å². The van der Waals surface area contributed by atoms with Gasteiger partial charge in [-0.05, 0) is 30.2 Å². The highest BCUT2D eigenvalue weighted by atomic mass is 32.1. The van der Waals surface area contributed by atoms with Crippen LogP contribution in [-0.4, -0.2) is 0 Å². The molecule has 0 N–H and O–H groups in total. The van der Waals surface area contributed by atoms with Gasteiger partial charge in [0.05, 0.1) is 0 Å². The molecule has 0 fully saturated rings. The van der Waals surface area contributed by atoms with Crippen molar-refractivity contribution in [2.24, 2.45) is 0 Å². The molecule has 0 aliphatic carbocycles. The summed E-state index contributed by atoms with van der Waals surface area (Å²) in [6.45, 7) is 2.20. The van der Waals surface area contributed by atoms with Gasteiger partial charge in [-0.25, -0.2) is 0 Å². The monoisotopic (exact) mass is 212 g/mol. The highest BCUT2D eigenvalue weighted by molar-refractivity contribution is 7.25. The van der Waals surface area contributed by atoms with Gasteiger partial charge in [0.25, 0.3) is 0 Å². The second-order valence-corrected chi connectivity index (χ2v) is 4.87. The molecule has 0 bridgehead atoms. The number of hydrogen-bond acceptors (Lipinski definition) is 1. The highest BCUT2D eigenvalue weighted by Gasteiger charge is 2.03. The summed E-state index contributed by atoms with van der Waals surface area (Å²) in [4.78, 5) is 0. The van der Waals surface area contributed by atoms with Crippen LogP contribution >= 0.6 is 11.3 Å². The standard InChI is InChI=1S/C14H12S/c1-2-10-7-8-14-12(9-10)11-5-3-4-6-13(11)15-14/h3-9H,2H2,1H3. The van der Waals surface area contributed by atoms with E-state index in [1.165, 1.54) is 25.7 Å². The van der Waals surface area contributed by atoms with Gasteiger partial charge in [0.1, 0.15) is 0 Å². The summed E-state index contributed by atoms with van der Waals surface area (Å²) in [5.74, 6) is 0. The highest BCUT2D eigenvalue weighted by Crippen LogP contribution is 2.33. The topological polar surface area (TPSA) is 0 Å². The van der Waals surface area contributed by atoms with Crippen LogP contribution in [0.1, 0.15) is 12.5 Å². The van der Waals surface area contributed by atoms with Crippen molar-refractivity contribution in [1.82, 2.24) is 0 Å². The molecule has 0 saturated carbocycles. The lowest BCUT2D eigenvalue weighted by atomic mass is 10.1. The van der Waals surface area contributed by atoms with E-state index in [1.807, 2.05) is 11.3 Å². The maximum absolute atomic E-state index is 2.33. The van der Waals surface area contributed by atoms with E-state index in [4.69, 9.17) is 0 Å². The molecule has 0 atom stereocenters. The largest absolute Gasteiger partial charge is 0.135 e. The first kappa shape index (κ1) is 8.93. The molecule has 0 aliphatic heterocycles. The van der Waals surface area contributed by atoms with Crippen molar-refractivity contribution < 1.29 is 0 Å². The van der Waals surface area contributed by atoms with Crippen molar-refractivity contribution in [1.29, 1.82) is 0 Å². The SMILES string of the molecule is CCc1ccc2sc3ccccc3c2c1. The van der Waals surface area contributed by atoms with Gasteiger partial charge in [0.15, 0.2) is 0 Å². The molecule has 3 rings (SSSR count). The lowest BCUT2D eigenvalue weighted by molar-refractivity contribution is 1.15. The van der Waals surface area contributed by atoms with Crippen LogP contribution < -0.4 is 0 Å². The van der Waals surface area contributed by atoms with Gasteiger partial charge in [0, 0.05) is 20.2 Å². The third kappa shape index (κ3) is 1.35. The van der Waals surface area contributed by atoms with Gasteiger partial charge in [-0.15, -0.1) is 11.3 Å². The van der Waals surface area contributed by atoms with Crippen molar-refractivity contribution in [2.45, 2.75) is 13.3 Å². The lowest BCUT2D eigenvalue weighted by Gasteiger charge is -1.96. The minimum atomic E-state index is 1.11. The molecule has 0 unspecified atom stereocenters. The minimum Gasteiger partial charge on any atom is -0.135 e. The van der Waals surface area contributed by atoms with Crippen LogP contribution in [0.15, 0.2) is 42.5 Å². The number of benzene rings is 2. The van der Waals surface area contributed by atoms with Crippen molar-refractivity contribution in [3.05, 3.63) is 48.0 Å². The van der Waals surface area contributed by atoms with Gasteiger partial charge in [-0.3, -0.25) is 0 Å². The molecule has 3 aromatic rings. The van der Waals surface area contributed by atoms with E-state index >= 15 is 0 Å². The van der Waals surface area contributed by atoms with Crippen molar-refractivity contribution >= 4 is 31.5 Å². The second-order valence-electron chi connectivity index (χ2n) is 3.78. The van der Waals surface area contributed by atoms with Gasteiger partial charge in [-0.2, -0.15) is 0 Å². The Kier molecular flexibility index (Phi) is 2.00. The summed E-state index contributed by atoms with van der Waals surface area (Å²) < 4.78 is 2.79. The first-order valence-corrected chi connectivity index (χ1v) is 6.10. The van der Waals surface area contributed by atoms with Gasteiger partial charge in [0.2, 0.25) is 0 Å². The molecule has 0 spiro atoms. The Morgan fingerprint density at radius 1 is 0.933 bits per heavy atom. The van der Waals surface area contributed by atoms with E-state index in [0.29, 0.717) is 0 Å². The van der Waals surface area contributed by atoms with E-state index in [0.717, 1.165) is 6.42 Å². The zero-order valence-electron chi connectivity index (χ0n) is 8.66. The van der Waals surface area contributed by atoms with Crippen LogP contribution in [0.4, 0.5) is 0 Å². The van der Waals surface area contributed by atoms with Gasteiger partial charge < -0.3 is 0 Å². The normalized spacial score (nSPS) is 11.3. The fourth-order valence-corrected chi connectivity index (χ4v) is 3.08. The summed E-state index contributed by atoms with van der Waals surface area (Å²) in [6.07, 6.45) is 1.11. The average Bonchev–Trinajstić information content (AvgIpc) is 2.66. The molecule has 15 heavy (non-hydrogen) atoms. The molecule has 0 aliphatic rings. The molecule has 1 heteroatoms. The lowest BCUT2D eigenvalue weighted by Crippen LogP contribution is -1.77. The Morgan fingerprint density at radius 3 is 2.60 bits per heavy atom. The Morgan fingerprint density at radius 2 is 1.73 bits per heavy atom. The maximum Gasteiger partial charge on any atom is 0.0355 e. The number of thiophene rings is 1. The fourth-order valence-electron chi connectivity index (χ4n) is 1.99. The Labute approximate surface area is 93.2 Å². The number of fused-ring (bicyclic) bond motifs is 3. The van der Waals surface area contributed by atoms with Crippen LogP contribution in [0.2, 0.25) is 0 Å². The third-order valence-corrected chi connectivity index (χ3v) is 4.00. The Bertz CT molecular complexity index is 619. The van der Waals surface area contributed by atoms with Crippen molar-refractivity contribution in [3.8, 4) is 0 Å². The van der Waals surface area contributed by atoms with Crippen LogP contribution in [0.25, 0.3) is 20.2 Å². The zero-order chi connectivity index (χ0) is 10.3. The molecule has 74 valence electrons. The Balaban J connectivity index is 2.46. The smallest absolute Gasteiger partial charge is 0.0355 e. The van der Waals surface area contributed by atoms with Crippen molar-refractivity contribution in [3.63, 3.8) is 0 Å². The van der Waals surface area contributed by atoms with Crippen molar-refractivity contribution in [2.75, 3.05) is 0 Å². The molecule has 0 radical (unpaired) electrons. The summed E-state index contributed by atoms with van der Waals surface area (Å²) in [6, 6.07) is 15.5. The van der Waals surface area contributed by atoms with E-state index in [2.05, 4.69) is 49.4 Å². The molecule has 1 aromatic heterocycles.